The summed E-state index contributed by atoms with van der Waals surface area (Å²) in [5, 5.41) is 3.90. The number of nitrogens with one attached hydrogen (secondary N) is 1. The number of carbonyl (C=O) groups excluding carboxylic acids is 2. The van der Waals surface area contributed by atoms with Crippen LogP contribution in [-0.4, -0.2) is 48.1 Å². The van der Waals surface area contributed by atoms with Crippen molar-refractivity contribution in [2.75, 3.05) is 32.1 Å². The zero-order valence-electron chi connectivity index (χ0n) is 20.6. The topological polar surface area (TPSA) is 89.9 Å². The highest BCUT2D eigenvalue weighted by molar-refractivity contribution is 5.97. The van der Waals surface area contributed by atoms with Crippen LogP contribution in [0.4, 0.5) is 5.69 Å². The Kier molecular flexibility index (Phi) is 7.53. The van der Waals surface area contributed by atoms with Crippen molar-refractivity contribution in [3.63, 3.8) is 0 Å². The Labute approximate surface area is 209 Å². The maximum atomic E-state index is 13.1. The molecule has 0 aliphatic carbocycles. The Hall–Kier alpha value is -4.33. The zero-order chi connectivity index (χ0) is 25.7. The molecule has 0 unspecified atom stereocenters. The smallest absolute Gasteiger partial charge is 0.243 e. The minimum absolute atomic E-state index is 0.0113. The first-order valence-corrected chi connectivity index (χ1v) is 11.9. The van der Waals surface area contributed by atoms with Gasteiger partial charge in [-0.15, -0.1) is 0 Å². The number of carbonyl (C=O) groups is 2. The molecule has 0 bridgehead atoms. The number of nitrogens with zero attached hydrogens (tertiary/aromatic N) is 2. The third kappa shape index (κ3) is 5.17. The van der Waals surface area contributed by atoms with Crippen molar-refractivity contribution in [2.24, 2.45) is 0 Å². The molecule has 0 radical (unpaired) electrons. The van der Waals surface area contributed by atoms with E-state index in [9.17, 15) is 14.4 Å². The number of benzene rings is 3. The van der Waals surface area contributed by atoms with E-state index in [-0.39, 0.29) is 30.3 Å². The molecule has 1 N–H and O–H groups in total. The molecule has 36 heavy (non-hydrogen) atoms. The molecule has 3 aromatic carbocycles. The first kappa shape index (κ1) is 24.8. The van der Waals surface area contributed by atoms with Crippen LogP contribution in [-0.2, 0) is 16.1 Å². The SMILES string of the molecule is CCOc1ccc(NC(=O)CN(C)C(=O)Cn2c3ccccc3c(=O)c3ccccc32)cc1OCC. The Morgan fingerprint density at radius 3 is 2.06 bits per heavy atom. The highest BCUT2D eigenvalue weighted by Gasteiger charge is 2.18. The quantitative estimate of drug-likeness (QED) is 0.360. The second-order valence-electron chi connectivity index (χ2n) is 8.28. The lowest BCUT2D eigenvalue weighted by Gasteiger charge is -2.20. The lowest BCUT2D eigenvalue weighted by molar-refractivity contribution is -0.133. The molecule has 8 nitrogen and oxygen atoms in total. The Bertz CT molecular complexity index is 1420. The third-order valence-corrected chi connectivity index (χ3v) is 5.81. The molecule has 0 saturated carbocycles. The van der Waals surface area contributed by atoms with Crippen LogP contribution >= 0.6 is 0 Å². The fraction of sp³-hybridized carbons (Fsp3) is 0.250. The van der Waals surface area contributed by atoms with Crippen LogP contribution < -0.4 is 20.2 Å². The first-order chi connectivity index (χ1) is 17.4. The number of amides is 2. The number of para-hydroxylation sites is 2. The third-order valence-electron chi connectivity index (χ3n) is 5.81. The lowest BCUT2D eigenvalue weighted by Crippen LogP contribution is -2.37. The van der Waals surface area contributed by atoms with Gasteiger partial charge in [-0.1, -0.05) is 24.3 Å². The predicted octanol–water partition coefficient (Wildman–Crippen LogP) is 4.05. The Morgan fingerprint density at radius 2 is 1.44 bits per heavy atom. The number of anilines is 1. The normalized spacial score (nSPS) is 10.9. The van der Waals surface area contributed by atoms with Crippen molar-refractivity contribution >= 4 is 39.3 Å². The fourth-order valence-electron chi connectivity index (χ4n) is 4.14. The molecule has 8 heteroatoms. The van der Waals surface area contributed by atoms with Crippen molar-refractivity contribution in [1.29, 1.82) is 0 Å². The molecule has 0 aliphatic heterocycles. The van der Waals surface area contributed by atoms with Gasteiger partial charge in [-0.05, 0) is 50.2 Å². The van der Waals surface area contributed by atoms with E-state index in [0.717, 1.165) is 0 Å². The van der Waals surface area contributed by atoms with Crippen molar-refractivity contribution in [1.82, 2.24) is 9.47 Å². The van der Waals surface area contributed by atoms with Crippen LogP contribution in [0.2, 0.25) is 0 Å². The average molecular weight is 488 g/mol. The standard InChI is InChI=1S/C28H29N3O5/c1-4-35-24-15-14-19(16-25(24)36-5-2)29-26(32)17-30(3)27(33)18-31-22-12-8-6-10-20(22)28(34)21-11-7-9-13-23(21)31/h6-16H,4-5,17-18H2,1-3H3,(H,29,32). The van der Waals surface area contributed by atoms with Gasteiger partial charge in [-0.3, -0.25) is 14.4 Å². The number of likely N-dealkylation sites (N-methyl/N-ethyl adjacent to an activating group) is 1. The van der Waals surface area contributed by atoms with Crippen molar-refractivity contribution in [2.45, 2.75) is 20.4 Å². The van der Waals surface area contributed by atoms with Crippen LogP contribution in [0, 0.1) is 0 Å². The van der Waals surface area contributed by atoms with Gasteiger partial charge in [0, 0.05) is 29.6 Å². The molecule has 2 amide bonds. The van der Waals surface area contributed by atoms with E-state index in [1.54, 1.807) is 49.5 Å². The maximum absolute atomic E-state index is 13.1. The summed E-state index contributed by atoms with van der Waals surface area (Å²) in [4.78, 5) is 40.1. The van der Waals surface area contributed by atoms with E-state index in [2.05, 4.69) is 5.32 Å². The second kappa shape index (κ2) is 10.9. The van der Waals surface area contributed by atoms with Crippen LogP contribution in [0.15, 0.2) is 71.5 Å². The van der Waals surface area contributed by atoms with Crippen molar-refractivity contribution in [3.05, 3.63) is 77.0 Å². The van der Waals surface area contributed by atoms with Gasteiger partial charge in [-0.2, -0.15) is 0 Å². The van der Waals surface area contributed by atoms with Crippen molar-refractivity contribution < 1.29 is 19.1 Å². The van der Waals surface area contributed by atoms with E-state index >= 15 is 0 Å². The van der Waals surface area contributed by atoms with Gasteiger partial charge in [0.15, 0.2) is 16.9 Å². The molecule has 0 fully saturated rings. The molecule has 0 spiro atoms. The fourth-order valence-corrected chi connectivity index (χ4v) is 4.14. The van der Waals surface area contributed by atoms with Crippen LogP contribution in [0.3, 0.4) is 0 Å². The largest absolute Gasteiger partial charge is 0.490 e. The number of fused-ring (bicyclic) bond motifs is 2. The molecule has 1 heterocycles. The van der Waals surface area contributed by atoms with Gasteiger partial charge in [0.1, 0.15) is 6.54 Å². The summed E-state index contributed by atoms with van der Waals surface area (Å²) in [5.74, 6) is 0.543. The van der Waals surface area contributed by atoms with E-state index in [1.165, 1.54) is 4.90 Å². The van der Waals surface area contributed by atoms with Gasteiger partial charge >= 0.3 is 0 Å². The number of hydrogen-bond acceptors (Lipinski definition) is 5. The molecule has 0 atom stereocenters. The monoisotopic (exact) mass is 487 g/mol. The summed E-state index contributed by atoms with van der Waals surface area (Å²) in [6.07, 6.45) is 0. The molecule has 0 aliphatic rings. The molecule has 0 saturated heterocycles. The van der Waals surface area contributed by atoms with E-state index in [1.807, 2.05) is 42.7 Å². The predicted molar refractivity (Wildman–Crippen MR) is 141 cm³/mol. The van der Waals surface area contributed by atoms with Gasteiger partial charge in [0.25, 0.3) is 0 Å². The lowest BCUT2D eigenvalue weighted by atomic mass is 10.1. The number of hydrogen-bond donors (Lipinski definition) is 1. The molecule has 4 aromatic rings. The van der Waals surface area contributed by atoms with Gasteiger partial charge in [0.05, 0.1) is 30.8 Å². The molecular formula is C28H29N3O5. The number of pyridine rings is 1. The summed E-state index contributed by atoms with van der Waals surface area (Å²) < 4.78 is 13.0. The second-order valence-corrected chi connectivity index (χ2v) is 8.28. The summed E-state index contributed by atoms with van der Waals surface area (Å²) in [5.41, 5.74) is 1.82. The summed E-state index contributed by atoms with van der Waals surface area (Å²) >= 11 is 0. The zero-order valence-corrected chi connectivity index (χ0v) is 20.6. The van der Waals surface area contributed by atoms with E-state index < -0.39 is 0 Å². The number of ether oxygens (including phenoxy) is 2. The summed E-state index contributed by atoms with van der Waals surface area (Å²) in [7, 11) is 1.58. The van der Waals surface area contributed by atoms with Crippen LogP contribution in [0.5, 0.6) is 11.5 Å². The average Bonchev–Trinajstić information content (AvgIpc) is 2.88. The molecular weight excluding hydrogens is 458 g/mol. The highest BCUT2D eigenvalue weighted by Crippen LogP contribution is 2.30. The first-order valence-electron chi connectivity index (χ1n) is 11.9. The van der Waals surface area contributed by atoms with Crippen LogP contribution in [0.25, 0.3) is 21.8 Å². The maximum Gasteiger partial charge on any atom is 0.243 e. The van der Waals surface area contributed by atoms with Gasteiger partial charge in [-0.25, -0.2) is 0 Å². The minimum Gasteiger partial charge on any atom is -0.490 e. The number of aromatic nitrogens is 1. The molecule has 4 rings (SSSR count). The molecule has 1 aromatic heterocycles. The number of rotatable bonds is 9. The van der Waals surface area contributed by atoms with E-state index in [0.29, 0.717) is 52.2 Å². The van der Waals surface area contributed by atoms with Gasteiger partial charge in [0.2, 0.25) is 11.8 Å². The summed E-state index contributed by atoms with van der Waals surface area (Å²) in [6, 6.07) is 19.6. The van der Waals surface area contributed by atoms with Crippen molar-refractivity contribution in [3.8, 4) is 11.5 Å². The van der Waals surface area contributed by atoms with Crippen LogP contribution in [0.1, 0.15) is 13.8 Å². The minimum atomic E-state index is -0.341. The molecule has 186 valence electrons. The Morgan fingerprint density at radius 1 is 0.861 bits per heavy atom. The van der Waals surface area contributed by atoms with E-state index in [4.69, 9.17) is 9.47 Å². The van der Waals surface area contributed by atoms with Gasteiger partial charge < -0.3 is 24.3 Å². The summed E-state index contributed by atoms with van der Waals surface area (Å²) in [6.45, 7) is 4.57. The highest BCUT2D eigenvalue weighted by atomic mass is 16.5. The Balaban J connectivity index is 1.51.